The summed E-state index contributed by atoms with van der Waals surface area (Å²) < 4.78 is 4.64. The Balaban J connectivity index is 2.04. The SMILES string of the molecule is CCc1ccc(C(=O)[C@@H]2C[C@@H]2C(=O)OC)cc1. The Hall–Kier alpha value is -1.64. The van der Waals surface area contributed by atoms with E-state index < -0.39 is 0 Å². The minimum Gasteiger partial charge on any atom is -0.469 e. The second-order valence-corrected chi connectivity index (χ2v) is 4.39. The van der Waals surface area contributed by atoms with Gasteiger partial charge in [0.05, 0.1) is 13.0 Å². The zero-order chi connectivity index (χ0) is 12.4. The molecule has 1 saturated carbocycles. The molecule has 0 aliphatic heterocycles. The van der Waals surface area contributed by atoms with Crippen LogP contribution in [-0.4, -0.2) is 18.9 Å². The van der Waals surface area contributed by atoms with Crippen molar-refractivity contribution in [3.05, 3.63) is 35.4 Å². The fourth-order valence-corrected chi connectivity index (χ4v) is 2.02. The van der Waals surface area contributed by atoms with Crippen molar-refractivity contribution in [3.63, 3.8) is 0 Å². The number of carbonyl (C=O) groups excluding carboxylic acids is 2. The maximum Gasteiger partial charge on any atom is 0.309 e. The first-order valence-corrected chi connectivity index (χ1v) is 5.88. The molecule has 0 amide bonds. The van der Waals surface area contributed by atoms with E-state index in [1.165, 1.54) is 12.7 Å². The van der Waals surface area contributed by atoms with E-state index in [2.05, 4.69) is 11.7 Å². The van der Waals surface area contributed by atoms with Crippen molar-refractivity contribution in [3.8, 4) is 0 Å². The van der Waals surface area contributed by atoms with E-state index in [9.17, 15) is 9.59 Å². The molecular formula is C14H16O3. The summed E-state index contributed by atoms with van der Waals surface area (Å²) in [6.07, 6.45) is 1.59. The van der Waals surface area contributed by atoms with Crippen LogP contribution in [0.5, 0.6) is 0 Å². The standard InChI is InChI=1S/C14H16O3/c1-3-9-4-6-10(7-5-9)13(15)11-8-12(11)14(16)17-2/h4-7,11-12H,3,8H2,1-2H3/t11-,12+/m1/s1. The predicted molar refractivity (Wildman–Crippen MR) is 63.8 cm³/mol. The van der Waals surface area contributed by atoms with Gasteiger partial charge in [0.15, 0.2) is 5.78 Å². The van der Waals surface area contributed by atoms with Gasteiger partial charge in [0.25, 0.3) is 0 Å². The molecule has 1 aromatic rings. The van der Waals surface area contributed by atoms with Gasteiger partial charge in [-0.2, -0.15) is 0 Å². The van der Waals surface area contributed by atoms with Gasteiger partial charge >= 0.3 is 5.97 Å². The van der Waals surface area contributed by atoms with Gasteiger partial charge in [-0.3, -0.25) is 9.59 Å². The summed E-state index contributed by atoms with van der Waals surface area (Å²) in [5, 5.41) is 0. The Kier molecular flexibility index (Phi) is 3.27. The van der Waals surface area contributed by atoms with Crippen LogP contribution < -0.4 is 0 Å². The van der Waals surface area contributed by atoms with Crippen LogP contribution in [-0.2, 0) is 16.0 Å². The van der Waals surface area contributed by atoms with E-state index in [1.54, 1.807) is 0 Å². The van der Waals surface area contributed by atoms with Gasteiger partial charge in [0.1, 0.15) is 0 Å². The summed E-state index contributed by atoms with van der Waals surface area (Å²) in [6.45, 7) is 2.07. The average Bonchev–Trinajstić information content (AvgIpc) is 3.17. The van der Waals surface area contributed by atoms with Gasteiger partial charge < -0.3 is 4.74 Å². The maximum atomic E-state index is 12.0. The molecule has 3 nitrogen and oxygen atoms in total. The summed E-state index contributed by atoms with van der Waals surface area (Å²) in [5.74, 6) is -0.607. The van der Waals surface area contributed by atoms with Crippen molar-refractivity contribution in [2.24, 2.45) is 11.8 Å². The highest BCUT2D eigenvalue weighted by molar-refractivity contribution is 6.02. The molecule has 0 bridgehead atoms. The summed E-state index contributed by atoms with van der Waals surface area (Å²) in [6, 6.07) is 7.60. The Labute approximate surface area is 101 Å². The van der Waals surface area contributed by atoms with Gasteiger partial charge in [-0.05, 0) is 18.4 Å². The smallest absolute Gasteiger partial charge is 0.309 e. The van der Waals surface area contributed by atoms with Gasteiger partial charge in [0.2, 0.25) is 0 Å². The number of benzene rings is 1. The minimum atomic E-state index is -0.270. The number of methoxy groups -OCH3 is 1. The Morgan fingerprint density at radius 2 is 1.88 bits per heavy atom. The Morgan fingerprint density at radius 3 is 2.41 bits per heavy atom. The lowest BCUT2D eigenvalue weighted by atomic mass is 10.0. The average molecular weight is 232 g/mol. The van der Waals surface area contributed by atoms with E-state index in [-0.39, 0.29) is 23.6 Å². The van der Waals surface area contributed by atoms with Crippen LogP contribution in [0.1, 0.15) is 29.3 Å². The van der Waals surface area contributed by atoms with Crippen molar-refractivity contribution >= 4 is 11.8 Å². The number of aryl methyl sites for hydroxylation is 1. The molecule has 1 fully saturated rings. The maximum absolute atomic E-state index is 12.0. The summed E-state index contributed by atoms with van der Waals surface area (Å²) in [7, 11) is 1.36. The summed E-state index contributed by atoms with van der Waals surface area (Å²) in [5.41, 5.74) is 1.90. The first-order chi connectivity index (χ1) is 8.17. The fourth-order valence-electron chi connectivity index (χ4n) is 2.02. The number of ether oxygens (including phenoxy) is 1. The number of ketones is 1. The van der Waals surface area contributed by atoms with Crippen LogP contribution in [0.2, 0.25) is 0 Å². The molecule has 0 unspecified atom stereocenters. The van der Waals surface area contributed by atoms with E-state index >= 15 is 0 Å². The van der Waals surface area contributed by atoms with Gasteiger partial charge in [-0.25, -0.2) is 0 Å². The molecule has 1 aliphatic rings. The summed E-state index contributed by atoms with van der Waals surface area (Å²) in [4.78, 5) is 23.3. The molecule has 2 rings (SSSR count). The molecule has 3 heteroatoms. The molecule has 0 heterocycles. The van der Waals surface area contributed by atoms with Crippen molar-refractivity contribution in [1.29, 1.82) is 0 Å². The largest absolute Gasteiger partial charge is 0.469 e. The third-order valence-electron chi connectivity index (χ3n) is 3.28. The van der Waals surface area contributed by atoms with Crippen LogP contribution in [0.4, 0.5) is 0 Å². The number of rotatable bonds is 4. The number of carbonyl (C=O) groups is 2. The molecule has 0 saturated heterocycles. The molecule has 0 aromatic heterocycles. The molecule has 2 atom stereocenters. The third-order valence-corrected chi connectivity index (χ3v) is 3.28. The second kappa shape index (κ2) is 4.70. The molecular weight excluding hydrogens is 216 g/mol. The number of hydrogen-bond acceptors (Lipinski definition) is 3. The predicted octanol–water partition coefficient (Wildman–Crippen LogP) is 2.24. The highest BCUT2D eigenvalue weighted by Gasteiger charge is 2.48. The van der Waals surface area contributed by atoms with Crippen LogP contribution in [0.3, 0.4) is 0 Å². The van der Waals surface area contributed by atoms with Crippen molar-refractivity contribution < 1.29 is 14.3 Å². The van der Waals surface area contributed by atoms with Crippen LogP contribution in [0.15, 0.2) is 24.3 Å². The molecule has 1 aliphatic carbocycles. The molecule has 1 aromatic carbocycles. The Bertz CT molecular complexity index is 433. The molecule has 90 valence electrons. The monoisotopic (exact) mass is 232 g/mol. The highest BCUT2D eigenvalue weighted by atomic mass is 16.5. The molecule has 0 radical (unpaired) electrons. The minimum absolute atomic E-state index is 0.0584. The third kappa shape index (κ3) is 2.38. The number of hydrogen-bond donors (Lipinski definition) is 0. The fraction of sp³-hybridized carbons (Fsp3) is 0.429. The zero-order valence-corrected chi connectivity index (χ0v) is 10.1. The van der Waals surface area contributed by atoms with Crippen LogP contribution in [0, 0.1) is 11.8 Å². The topological polar surface area (TPSA) is 43.4 Å². The van der Waals surface area contributed by atoms with E-state index in [4.69, 9.17) is 0 Å². The van der Waals surface area contributed by atoms with E-state index in [0.717, 1.165) is 6.42 Å². The van der Waals surface area contributed by atoms with Crippen molar-refractivity contribution in [1.82, 2.24) is 0 Å². The zero-order valence-electron chi connectivity index (χ0n) is 10.1. The first-order valence-electron chi connectivity index (χ1n) is 5.88. The Morgan fingerprint density at radius 1 is 1.24 bits per heavy atom. The highest BCUT2D eigenvalue weighted by Crippen LogP contribution is 2.41. The first kappa shape index (κ1) is 11.8. The van der Waals surface area contributed by atoms with Crippen LogP contribution in [0.25, 0.3) is 0 Å². The molecule has 17 heavy (non-hydrogen) atoms. The second-order valence-electron chi connectivity index (χ2n) is 4.39. The molecule has 0 spiro atoms. The lowest BCUT2D eigenvalue weighted by Crippen LogP contribution is -2.10. The summed E-state index contributed by atoms with van der Waals surface area (Å²) >= 11 is 0. The number of Topliss-reactive ketones (excluding diaryl/α,β-unsaturated/α-hetero) is 1. The lowest BCUT2D eigenvalue weighted by molar-refractivity contribution is -0.142. The quantitative estimate of drug-likeness (QED) is 0.590. The van der Waals surface area contributed by atoms with Crippen LogP contribution >= 0.6 is 0 Å². The van der Waals surface area contributed by atoms with Gasteiger partial charge in [-0.1, -0.05) is 31.2 Å². The van der Waals surface area contributed by atoms with Gasteiger partial charge in [-0.15, -0.1) is 0 Å². The number of esters is 1. The lowest BCUT2D eigenvalue weighted by Gasteiger charge is -2.01. The van der Waals surface area contributed by atoms with Crippen molar-refractivity contribution in [2.75, 3.05) is 7.11 Å². The normalized spacial score (nSPS) is 22.0. The van der Waals surface area contributed by atoms with E-state index in [0.29, 0.717) is 12.0 Å². The molecule has 0 N–H and O–H groups in total. The van der Waals surface area contributed by atoms with Crippen molar-refractivity contribution in [2.45, 2.75) is 19.8 Å². The van der Waals surface area contributed by atoms with E-state index in [1.807, 2.05) is 24.3 Å². The van der Waals surface area contributed by atoms with Gasteiger partial charge in [0, 0.05) is 11.5 Å².